The molecule has 24 heavy (non-hydrogen) atoms. The number of anilines is 1. The summed E-state index contributed by atoms with van der Waals surface area (Å²) < 4.78 is 14.5. The lowest BCUT2D eigenvalue weighted by atomic mass is 10.1. The van der Waals surface area contributed by atoms with Crippen molar-refractivity contribution in [1.29, 1.82) is 0 Å². The summed E-state index contributed by atoms with van der Waals surface area (Å²) in [5.74, 6) is -0.478. The third-order valence-electron chi connectivity index (χ3n) is 3.57. The van der Waals surface area contributed by atoms with Crippen molar-refractivity contribution in [3.05, 3.63) is 47.9 Å². The molecule has 1 aromatic heterocycles. The molecule has 0 fully saturated rings. The van der Waals surface area contributed by atoms with Gasteiger partial charge in [-0.3, -0.25) is 14.3 Å². The molecule has 0 spiro atoms. The molecule has 2 amide bonds. The predicted molar refractivity (Wildman–Crippen MR) is 85.5 cm³/mol. The van der Waals surface area contributed by atoms with E-state index in [1.165, 1.54) is 17.1 Å². The highest BCUT2D eigenvalue weighted by molar-refractivity contribution is 6.43. The number of aryl methyl sites for hydroxylation is 1. The average Bonchev–Trinajstić information content (AvgIpc) is 2.96. The molecule has 0 atom stereocenters. The fourth-order valence-electron chi connectivity index (χ4n) is 2.32. The van der Waals surface area contributed by atoms with Gasteiger partial charge in [-0.1, -0.05) is 12.1 Å². The molecular weight excluding hydrogens is 313 g/mol. The molecule has 1 aliphatic heterocycles. The average molecular weight is 329 g/mol. The van der Waals surface area contributed by atoms with E-state index in [0.717, 1.165) is 5.56 Å². The molecule has 2 aromatic rings. The second kappa shape index (κ2) is 6.61. The number of carbonyl (C=O) groups excluding carboxylic acids is 2. The highest BCUT2D eigenvalue weighted by atomic mass is 19.1. The first-order chi connectivity index (χ1) is 11.5. The summed E-state index contributed by atoms with van der Waals surface area (Å²) in [6.45, 7) is 0.194. The SMILES string of the molecule is Cn1ccc(NC(=O)C2=NN(Cc3ccc(F)cc3)C(=O)CC2)n1. The van der Waals surface area contributed by atoms with Gasteiger partial charge >= 0.3 is 0 Å². The third-order valence-corrected chi connectivity index (χ3v) is 3.57. The van der Waals surface area contributed by atoms with Crippen LogP contribution in [0.5, 0.6) is 0 Å². The third kappa shape index (κ3) is 3.65. The van der Waals surface area contributed by atoms with E-state index in [1.54, 1.807) is 36.1 Å². The summed E-state index contributed by atoms with van der Waals surface area (Å²) in [4.78, 5) is 24.2. The molecule has 8 heteroatoms. The van der Waals surface area contributed by atoms with Crippen molar-refractivity contribution in [2.24, 2.45) is 12.1 Å². The molecule has 0 bridgehead atoms. The Balaban J connectivity index is 1.72. The Morgan fingerprint density at radius 2 is 2.00 bits per heavy atom. The van der Waals surface area contributed by atoms with Gasteiger partial charge in [-0.2, -0.15) is 10.2 Å². The zero-order chi connectivity index (χ0) is 17.1. The molecule has 0 aliphatic carbocycles. The van der Waals surface area contributed by atoms with Gasteiger partial charge < -0.3 is 5.32 Å². The van der Waals surface area contributed by atoms with Crippen LogP contribution < -0.4 is 5.32 Å². The molecular formula is C16H16FN5O2. The van der Waals surface area contributed by atoms with Gasteiger partial charge in [0.25, 0.3) is 5.91 Å². The van der Waals surface area contributed by atoms with Gasteiger partial charge in [-0.15, -0.1) is 0 Å². The summed E-state index contributed by atoms with van der Waals surface area (Å²) in [5, 5.41) is 12.1. The van der Waals surface area contributed by atoms with Crippen LogP contribution in [0.1, 0.15) is 18.4 Å². The molecule has 0 radical (unpaired) electrons. The van der Waals surface area contributed by atoms with Crippen LogP contribution in [0.15, 0.2) is 41.6 Å². The van der Waals surface area contributed by atoms with Crippen LogP contribution in [-0.2, 0) is 23.2 Å². The van der Waals surface area contributed by atoms with Crippen molar-refractivity contribution in [1.82, 2.24) is 14.8 Å². The summed E-state index contributed by atoms with van der Waals surface area (Å²) in [7, 11) is 1.75. The number of carbonyl (C=O) groups is 2. The quantitative estimate of drug-likeness (QED) is 0.927. The minimum absolute atomic E-state index is 0.172. The van der Waals surface area contributed by atoms with E-state index in [2.05, 4.69) is 15.5 Å². The first-order valence-electron chi connectivity index (χ1n) is 7.44. The molecule has 2 heterocycles. The zero-order valence-electron chi connectivity index (χ0n) is 13.1. The number of benzene rings is 1. The smallest absolute Gasteiger partial charge is 0.273 e. The second-order valence-corrected chi connectivity index (χ2v) is 5.45. The number of hydrogen-bond acceptors (Lipinski definition) is 4. The molecule has 0 saturated carbocycles. The molecule has 124 valence electrons. The highest BCUT2D eigenvalue weighted by Gasteiger charge is 2.25. The summed E-state index contributed by atoms with van der Waals surface area (Å²) in [5.41, 5.74) is 1.00. The fourth-order valence-corrected chi connectivity index (χ4v) is 2.32. The van der Waals surface area contributed by atoms with Gasteiger partial charge in [0, 0.05) is 32.2 Å². The standard InChI is InChI=1S/C16H16FN5O2/c1-21-9-8-14(20-21)18-16(24)13-6-7-15(23)22(19-13)10-11-2-4-12(17)5-3-11/h2-5,8-9H,6-7,10H2,1H3,(H,18,20,24). The molecule has 7 nitrogen and oxygen atoms in total. The normalized spacial score (nSPS) is 14.5. The zero-order valence-corrected chi connectivity index (χ0v) is 13.1. The Morgan fingerprint density at radius 3 is 2.67 bits per heavy atom. The largest absolute Gasteiger partial charge is 0.304 e. The van der Waals surface area contributed by atoms with Gasteiger partial charge in [-0.25, -0.2) is 9.40 Å². The first-order valence-corrected chi connectivity index (χ1v) is 7.44. The molecule has 0 saturated heterocycles. The van der Waals surface area contributed by atoms with E-state index in [0.29, 0.717) is 5.82 Å². The van der Waals surface area contributed by atoms with Crippen molar-refractivity contribution in [2.45, 2.75) is 19.4 Å². The maximum Gasteiger partial charge on any atom is 0.273 e. The number of hydrogen-bond donors (Lipinski definition) is 1. The number of halogens is 1. The molecule has 1 N–H and O–H groups in total. The molecule has 3 rings (SSSR count). The van der Waals surface area contributed by atoms with E-state index in [-0.39, 0.29) is 42.7 Å². The van der Waals surface area contributed by atoms with E-state index in [9.17, 15) is 14.0 Å². The number of rotatable bonds is 4. The maximum absolute atomic E-state index is 12.9. The molecule has 1 aromatic carbocycles. The van der Waals surface area contributed by atoms with Crippen LogP contribution in [0, 0.1) is 5.82 Å². The van der Waals surface area contributed by atoms with Gasteiger partial charge in [0.2, 0.25) is 5.91 Å². The summed E-state index contributed by atoms with van der Waals surface area (Å²) in [6.07, 6.45) is 2.19. The van der Waals surface area contributed by atoms with Crippen LogP contribution in [0.3, 0.4) is 0 Å². The monoisotopic (exact) mass is 329 g/mol. The van der Waals surface area contributed by atoms with Crippen LogP contribution in [0.2, 0.25) is 0 Å². The Kier molecular flexibility index (Phi) is 4.37. The van der Waals surface area contributed by atoms with Gasteiger partial charge in [0.15, 0.2) is 5.82 Å². The molecule has 1 aliphatic rings. The topological polar surface area (TPSA) is 79.6 Å². The van der Waals surface area contributed by atoms with E-state index in [4.69, 9.17) is 0 Å². The minimum Gasteiger partial charge on any atom is -0.304 e. The van der Waals surface area contributed by atoms with Gasteiger partial charge in [0.1, 0.15) is 11.5 Å². The van der Waals surface area contributed by atoms with Crippen molar-refractivity contribution in [3.63, 3.8) is 0 Å². The van der Waals surface area contributed by atoms with Crippen molar-refractivity contribution >= 4 is 23.3 Å². The summed E-state index contributed by atoms with van der Waals surface area (Å²) in [6, 6.07) is 7.48. The van der Waals surface area contributed by atoms with Crippen LogP contribution in [0.4, 0.5) is 10.2 Å². The van der Waals surface area contributed by atoms with Crippen molar-refractivity contribution < 1.29 is 14.0 Å². The van der Waals surface area contributed by atoms with Crippen LogP contribution >= 0.6 is 0 Å². The van der Waals surface area contributed by atoms with E-state index in [1.807, 2.05) is 0 Å². The van der Waals surface area contributed by atoms with Crippen LogP contribution in [-0.4, -0.2) is 32.3 Å². The second-order valence-electron chi connectivity index (χ2n) is 5.45. The number of hydrazone groups is 1. The molecule has 0 unspecified atom stereocenters. The lowest BCUT2D eigenvalue weighted by Crippen LogP contribution is -2.36. The minimum atomic E-state index is -0.384. The van der Waals surface area contributed by atoms with E-state index >= 15 is 0 Å². The number of nitrogens with one attached hydrogen (secondary N) is 1. The lowest BCUT2D eigenvalue weighted by molar-refractivity contribution is -0.132. The van der Waals surface area contributed by atoms with Crippen molar-refractivity contribution in [3.8, 4) is 0 Å². The Bertz CT molecular complexity index is 797. The summed E-state index contributed by atoms with van der Waals surface area (Å²) >= 11 is 0. The maximum atomic E-state index is 12.9. The predicted octanol–water partition coefficient (Wildman–Crippen LogP) is 1.68. The Morgan fingerprint density at radius 1 is 1.25 bits per heavy atom. The fraction of sp³-hybridized carbons (Fsp3) is 0.250. The lowest BCUT2D eigenvalue weighted by Gasteiger charge is -2.23. The Labute approximate surface area is 137 Å². The van der Waals surface area contributed by atoms with Crippen molar-refractivity contribution in [2.75, 3.05) is 5.32 Å². The van der Waals surface area contributed by atoms with Crippen LogP contribution in [0.25, 0.3) is 0 Å². The highest BCUT2D eigenvalue weighted by Crippen LogP contribution is 2.15. The van der Waals surface area contributed by atoms with Gasteiger partial charge in [-0.05, 0) is 17.7 Å². The van der Waals surface area contributed by atoms with E-state index < -0.39 is 0 Å². The first kappa shape index (κ1) is 15.9. The Hall–Kier alpha value is -3.03. The number of amides is 2. The number of nitrogens with zero attached hydrogens (tertiary/aromatic N) is 4. The number of aromatic nitrogens is 2. The van der Waals surface area contributed by atoms with Gasteiger partial charge in [0.05, 0.1) is 6.54 Å².